The summed E-state index contributed by atoms with van der Waals surface area (Å²) in [5.41, 5.74) is 5.63. The van der Waals surface area contributed by atoms with Crippen LogP contribution in [-0.2, 0) is 4.79 Å². The van der Waals surface area contributed by atoms with Crippen molar-refractivity contribution in [2.75, 3.05) is 19.7 Å². The summed E-state index contributed by atoms with van der Waals surface area (Å²) in [6.45, 7) is 3.73. The highest BCUT2D eigenvalue weighted by molar-refractivity contribution is 7.80. The van der Waals surface area contributed by atoms with Crippen LogP contribution in [0.15, 0.2) is 0 Å². The molecule has 17 heavy (non-hydrogen) atoms. The molecule has 4 nitrogen and oxygen atoms in total. The summed E-state index contributed by atoms with van der Waals surface area (Å²) in [5, 5.41) is 8.89. The van der Waals surface area contributed by atoms with Crippen molar-refractivity contribution in [2.24, 2.45) is 17.6 Å². The molecule has 1 saturated heterocycles. The van der Waals surface area contributed by atoms with Crippen LogP contribution in [0.25, 0.3) is 0 Å². The SMILES string of the molecule is CCCC(C(=O)N1CCC(CCO)C1)C(N)=S. The first-order valence-electron chi connectivity index (χ1n) is 6.29. The van der Waals surface area contributed by atoms with Crippen molar-refractivity contribution in [3.05, 3.63) is 0 Å². The van der Waals surface area contributed by atoms with Crippen molar-refractivity contribution in [1.29, 1.82) is 0 Å². The fourth-order valence-electron chi connectivity index (χ4n) is 2.35. The molecule has 0 aromatic carbocycles. The lowest BCUT2D eigenvalue weighted by Gasteiger charge is -2.22. The van der Waals surface area contributed by atoms with Crippen LogP contribution in [0.3, 0.4) is 0 Å². The van der Waals surface area contributed by atoms with Gasteiger partial charge in [0.2, 0.25) is 5.91 Å². The number of rotatable bonds is 6. The van der Waals surface area contributed by atoms with Gasteiger partial charge in [-0.05, 0) is 25.2 Å². The molecular formula is C12H22N2O2S. The van der Waals surface area contributed by atoms with Gasteiger partial charge >= 0.3 is 0 Å². The Morgan fingerprint density at radius 3 is 2.88 bits per heavy atom. The first-order chi connectivity index (χ1) is 8.10. The Balaban J connectivity index is 2.54. The second-order valence-electron chi connectivity index (χ2n) is 4.69. The van der Waals surface area contributed by atoms with Gasteiger partial charge in [-0.25, -0.2) is 0 Å². The van der Waals surface area contributed by atoms with Gasteiger partial charge in [-0.1, -0.05) is 25.6 Å². The fraction of sp³-hybridized carbons (Fsp3) is 0.833. The molecule has 0 saturated carbocycles. The number of nitrogens with two attached hydrogens (primary N) is 1. The first kappa shape index (κ1) is 14.4. The number of likely N-dealkylation sites (tertiary alicyclic amines) is 1. The van der Waals surface area contributed by atoms with Crippen LogP contribution in [0.4, 0.5) is 0 Å². The highest BCUT2D eigenvalue weighted by Crippen LogP contribution is 2.22. The molecule has 1 fully saturated rings. The highest BCUT2D eigenvalue weighted by Gasteiger charge is 2.31. The smallest absolute Gasteiger partial charge is 0.232 e. The number of thiocarbonyl (C=S) groups is 1. The van der Waals surface area contributed by atoms with Gasteiger partial charge in [0.15, 0.2) is 0 Å². The summed E-state index contributed by atoms with van der Waals surface area (Å²) in [6.07, 6.45) is 3.38. The Labute approximate surface area is 108 Å². The quantitative estimate of drug-likeness (QED) is 0.695. The van der Waals surface area contributed by atoms with Gasteiger partial charge in [-0.3, -0.25) is 4.79 Å². The van der Waals surface area contributed by atoms with Gasteiger partial charge in [0.05, 0.1) is 10.9 Å². The monoisotopic (exact) mass is 258 g/mol. The summed E-state index contributed by atoms with van der Waals surface area (Å²) >= 11 is 4.97. The van der Waals surface area contributed by atoms with Crippen LogP contribution in [0.2, 0.25) is 0 Å². The van der Waals surface area contributed by atoms with E-state index in [2.05, 4.69) is 0 Å². The van der Waals surface area contributed by atoms with Crippen LogP contribution < -0.4 is 5.73 Å². The van der Waals surface area contributed by atoms with E-state index in [1.807, 2.05) is 11.8 Å². The molecule has 1 heterocycles. The Bertz CT molecular complexity index is 284. The molecule has 0 aromatic rings. The van der Waals surface area contributed by atoms with E-state index in [1.54, 1.807) is 0 Å². The molecule has 2 atom stereocenters. The molecule has 0 spiro atoms. The van der Waals surface area contributed by atoms with Gasteiger partial charge in [0, 0.05) is 19.7 Å². The maximum atomic E-state index is 12.2. The van der Waals surface area contributed by atoms with E-state index in [4.69, 9.17) is 23.1 Å². The van der Waals surface area contributed by atoms with E-state index >= 15 is 0 Å². The normalized spacial score (nSPS) is 21.5. The molecule has 5 heteroatoms. The predicted octanol–water partition coefficient (Wildman–Crippen LogP) is 0.920. The number of carbonyl (C=O) groups excluding carboxylic acids is 1. The van der Waals surface area contributed by atoms with E-state index in [9.17, 15) is 4.79 Å². The number of hydrogen-bond acceptors (Lipinski definition) is 3. The number of nitrogens with zero attached hydrogens (tertiary/aromatic N) is 1. The van der Waals surface area contributed by atoms with Gasteiger partial charge < -0.3 is 15.7 Å². The van der Waals surface area contributed by atoms with Gasteiger partial charge in [-0.2, -0.15) is 0 Å². The van der Waals surface area contributed by atoms with Crippen LogP contribution in [0.1, 0.15) is 32.6 Å². The van der Waals surface area contributed by atoms with Gasteiger partial charge in [0.1, 0.15) is 0 Å². The largest absolute Gasteiger partial charge is 0.396 e. The molecule has 1 aliphatic heterocycles. The zero-order valence-electron chi connectivity index (χ0n) is 10.4. The van der Waals surface area contributed by atoms with Crippen molar-refractivity contribution in [2.45, 2.75) is 32.6 Å². The minimum Gasteiger partial charge on any atom is -0.396 e. The number of aliphatic hydroxyl groups is 1. The summed E-state index contributed by atoms with van der Waals surface area (Å²) < 4.78 is 0. The molecule has 0 radical (unpaired) electrons. The molecule has 0 aromatic heterocycles. The number of hydrogen-bond donors (Lipinski definition) is 2. The summed E-state index contributed by atoms with van der Waals surface area (Å²) in [5.74, 6) is 0.195. The van der Waals surface area contributed by atoms with Crippen molar-refractivity contribution >= 4 is 23.1 Å². The Kier molecular flexibility index (Phi) is 5.85. The number of carbonyl (C=O) groups is 1. The van der Waals surface area contributed by atoms with E-state index in [0.29, 0.717) is 10.9 Å². The van der Waals surface area contributed by atoms with Crippen molar-refractivity contribution in [3.63, 3.8) is 0 Å². The topological polar surface area (TPSA) is 66.6 Å². The van der Waals surface area contributed by atoms with E-state index in [-0.39, 0.29) is 18.4 Å². The molecule has 2 unspecified atom stereocenters. The van der Waals surface area contributed by atoms with Crippen LogP contribution in [0, 0.1) is 11.8 Å². The Morgan fingerprint density at radius 2 is 2.35 bits per heavy atom. The molecule has 3 N–H and O–H groups in total. The number of aliphatic hydroxyl groups excluding tert-OH is 1. The fourth-order valence-corrected chi connectivity index (χ4v) is 2.57. The van der Waals surface area contributed by atoms with E-state index in [1.165, 1.54) is 0 Å². The average Bonchev–Trinajstić information content (AvgIpc) is 2.73. The zero-order valence-corrected chi connectivity index (χ0v) is 11.2. The minimum atomic E-state index is -0.303. The van der Waals surface area contributed by atoms with Crippen molar-refractivity contribution in [3.8, 4) is 0 Å². The maximum Gasteiger partial charge on any atom is 0.232 e. The Morgan fingerprint density at radius 1 is 1.65 bits per heavy atom. The first-order valence-corrected chi connectivity index (χ1v) is 6.69. The van der Waals surface area contributed by atoms with Crippen LogP contribution in [0.5, 0.6) is 0 Å². The number of amides is 1. The van der Waals surface area contributed by atoms with E-state index in [0.717, 1.165) is 38.8 Å². The maximum absolute atomic E-state index is 12.2. The molecule has 0 aliphatic carbocycles. The lowest BCUT2D eigenvalue weighted by molar-refractivity contribution is -0.132. The second-order valence-corrected chi connectivity index (χ2v) is 5.17. The standard InChI is InChI=1S/C12H22N2O2S/c1-2-3-10(11(13)17)12(16)14-6-4-9(8-14)5-7-15/h9-10,15H,2-8H2,1H3,(H2,13,17). The van der Waals surface area contributed by atoms with Gasteiger partial charge in [-0.15, -0.1) is 0 Å². The molecular weight excluding hydrogens is 236 g/mol. The average molecular weight is 258 g/mol. The molecule has 1 amide bonds. The summed E-state index contributed by atoms with van der Waals surface area (Å²) in [4.78, 5) is 14.4. The van der Waals surface area contributed by atoms with Gasteiger partial charge in [0.25, 0.3) is 0 Å². The van der Waals surface area contributed by atoms with Crippen LogP contribution in [-0.4, -0.2) is 40.6 Å². The van der Waals surface area contributed by atoms with Crippen LogP contribution >= 0.6 is 12.2 Å². The second kappa shape index (κ2) is 6.91. The Hall–Kier alpha value is -0.680. The third-order valence-corrected chi connectivity index (χ3v) is 3.64. The highest BCUT2D eigenvalue weighted by atomic mass is 32.1. The molecule has 1 aliphatic rings. The van der Waals surface area contributed by atoms with E-state index < -0.39 is 0 Å². The summed E-state index contributed by atoms with van der Waals surface area (Å²) in [7, 11) is 0. The zero-order chi connectivity index (χ0) is 12.8. The lowest BCUT2D eigenvalue weighted by Crippen LogP contribution is -2.40. The minimum absolute atomic E-state index is 0.0692. The van der Waals surface area contributed by atoms with Crippen molar-refractivity contribution in [1.82, 2.24) is 4.90 Å². The predicted molar refractivity (Wildman–Crippen MR) is 71.6 cm³/mol. The molecule has 1 rings (SSSR count). The lowest BCUT2D eigenvalue weighted by atomic mass is 10.0. The third-order valence-electron chi connectivity index (χ3n) is 3.35. The third kappa shape index (κ3) is 3.92. The molecule has 0 bridgehead atoms. The summed E-state index contributed by atoms with van der Waals surface area (Å²) in [6, 6.07) is 0. The van der Waals surface area contributed by atoms with Crippen molar-refractivity contribution < 1.29 is 9.90 Å². The molecule has 98 valence electrons.